The number of halogens is 1. The van der Waals surface area contributed by atoms with E-state index in [1.165, 1.54) is 11.3 Å². The molecule has 0 atom stereocenters. The second-order valence-electron chi connectivity index (χ2n) is 4.48. The molecule has 0 saturated heterocycles. The molecular weight excluding hydrogens is 294 g/mol. The van der Waals surface area contributed by atoms with Gasteiger partial charge < -0.3 is 9.72 Å². The van der Waals surface area contributed by atoms with Gasteiger partial charge in [-0.15, -0.1) is 11.3 Å². The number of methoxy groups -OCH3 is 1. The Morgan fingerprint density at radius 2 is 2.20 bits per heavy atom. The van der Waals surface area contributed by atoms with Gasteiger partial charge in [0.2, 0.25) is 5.78 Å². The molecule has 1 N–H and O–H groups in total. The lowest BCUT2D eigenvalue weighted by Gasteiger charge is -2.04. The summed E-state index contributed by atoms with van der Waals surface area (Å²) in [6.07, 6.45) is 1.71. The third-order valence-electron chi connectivity index (χ3n) is 3.24. The molecule has 0 aliphatic heterocycles. The van der Waals surface area contributed by atoms with Crippen LogP contribution in [0.5, 0.6) is 5.75 Å². The standard InChI is InChI=1S/C15H12ClNO2S/c1-8-7-20-15(13(8)16)14(18)9-6-17-10-4-3-5-11(19-2)12(9)10/h3-7,17H,1-2H3. The van der Waals surface area contributed by atoms with Crippen LogP contribution in [-0.2, 0) is 0 Å². The summed E-state index contributed by atoms with van der Waals surface area (Å²) in [4.78, 5) is 16.3. The van der Waals surface area contributed by atoms with Crippen molar-refractivity contribution in [2.75, 3.05) is 7.11 Å². The molecule has 3 rings (SSSR count). The molecule has 0 radical (unpaired) electrons. The molecule has 1 aromatic carbocycles. The van der Waals surface area contributed by atoms with E-state index < -0.39 is 0 Å². The average molecular weight is 306 g/mol. The lowest BCUT2D eigenvalue weighted by molar-refractivity contribution is 0.104. The molecule has 0 aliphatic carbocycles. The van der Waals surface area contributed by atoms with Gasteiger partial charge in [-0.3, -0.25) is 4.79 Å². The number of carbonyl (C=O) groups is 1. The zero-order valence-corrected chi connectivity index (χ0v) is 12.6. The molecular formula is C15H12ClNO2S. The van der Waals surface area contributed by atoms with E-state index in [2.05, 4.69) is 4.98 Å². The SMILES string of the molecule is COc1cccc2[nH]cc(C(=O)c3scc(C)c3Cl)c12. The van der Waals surface area contributed by atoms with Gasteiger partial charge in [-0.1, -0.05) is 17.7 Å². The third kappa shape index (κ3) is 1.92. The molecule has 0 bridgehead atoms. The fourth-order valence-corrected chi connectivity index (χ4v) is 3.44. The minimum Gasteiger partial charge on any atom is -0.496 e. The zero-order chi connectivity index (χ0) is 14.3. The van der Waals surface area contributed by atoms with Gasteiger partial charge in [0.1, 0.15) is 5.75 Å². The fraction of sp³-hybridized carbons (Fsp3) is 0.133. The maximum Gasteiger partial charge on any atom is 0.206 e. The maximum absolute atomic E-state index is 12.7. The van der Waals surface area contributed by atoms with Crippen molar-refractivity contribution in [1.82, 2.24) is 4.98 Å². The molecule has 0 spiro atoms. The number of carbonyl (C=O) groups excluding carboxylic acids is 1. The third-order valence-corrected chi connectivity index (χ3v) is 4.93. The molecule has 3 aromatic rings. The molecule has 5 heteroatoms. The number of hydrogen-bond donors (Lipinski definition) is 1. The van der Waals surface area contributed by atoms with E-state index in [9.17, 15) is 4.79 Å². The number of nitrogens with one attached hydrogen (secondary N) is 1. The number of H-pyrrole nitrogens is 1. The van der Waals surface area contributed by atoms with Crippen LogP contribution in [-0.4, -0.2) is 17.9 Å². The monoisotopic (exact) mass is 305 g/mol. The van der Waals surface area contributed by atoms with Crippen molar-refractivity contribution in [2.45, 2.75) is 6.92 Å². The zero-order valence-electron chi connectivity index (χ0n) is 11.0. The van der Waals surface area contributed by atoms with Crippen molar-refractivity contribution < 1.29 is 9.53 Å². The predicted molar refractivity (Wildman–Crippen MR) is 82.3 cm³/mol. The molecule has 102 valence electrons. The first-order valence-corrected chi connectivity index (χ1v) is 7.31. The number of hydrogen-bond acceptors (Lipinski definition) is 3. The highest BCUT2D eigenvalue weighted by Gasteiger charge is 2.21. The van der Waals surface area contributed by atoms with Gasteiger partial charge in [0.15, 0.2) is 0 Å². The van der Waals surface area contributed by atoms with Crippen molar-refractivity contribution in [3.05, 3.63) is 50.8 Å². The number of benzene rings is 1. The van der Waals surface area contributed by atoms with Crippen molar-refractivity contribution in [2.24, 2.45) is 0 Å². The minimum atomic E-state index is -0.0798. The smallest absolute Gasteiger partial charge is 0.206 e. The van der Waals surface area contributed by atoms with E-state index >= 15 is 0 Å². The molecule has 0 amide bonds. The summed E-state index contributed by atoms with van der Waals surface area (Å²) in [6, 6.07) is 5.64. The second kappa shape index (κ2) is 4.96. The van der Waals surface area contributed by atoms with Gasteiger partial charge in [0.05, 0.1) is 28.0 Å². The minimum absolute atomic E-state index is 0.0798. The Morgan fingerprint density at radius 1 is 1.40 bits per heavy atom. The molecule has 0 fully saturated rings. The van der Waals surface area contributed by atoms with Crippen molar-refractivity contribution in [3.8, 4) is 5.75 Å². The summed E-state index contributed by atoms with van der Waals surface area (Å²) in [5.74, 6) is 0.598. The van der Waals surface area contributed by atoms with E-state index in [1.54, 1.807) is 13.3 Å². The highest BCUT2D eigenvalue weighted by atomic mass is 35.5. The predicted octanol–water partition coefficient (Wildman–Crippen LogP) is 4.43. The van der Waals surface area contributed by atoms with Crippen LogP contribution in [0.1, 0.15) is 20.8 Å². The van der Waals surface area contributed by atoms with Crippen LogP contribution >= 0.6 is 22.9 Å². The largest absolute Gasteiger partial charge is 0.496 e. The topological polar surface area (TPSA) is 42.1 Å². The van der Waals surface area contributed by atoms with Gasteiger partial charge in [0, 0.05) is 11.7 Å². The number of aryl methyl sites for hydroxylation is 1. The normalized spacial score (nSPS) is 10.9. The lowest BCUT2D eigenvalue weighted by Crippen LogP contribution is -1.99. The molecule has 2 aromatic heterocycles. The van der Waals surface area contributed by atoms with Crippen LogP contribution in [0.3, 0.4) is 0 Å². The van der Waals surface area contributed by atoms with E-state index in [-0.39, 0.29) is 5.78 Å². The van der Waals surface area contributed by atoms with Crippen LogP contribution in [0.4, 0.5) is 0 Å². The van der Waals surface area contributed by atoms with Gasteiger partial charge in [0.25, 0.3) is 0 Å². The van der Waals surface area contributed by atoms with E-state index in [0.717, 1.165) is 16.5 Å². The van der Waals surface area contributed by atoms with Crippen LogP contribution in [0.25, 0.3) is 10.9 Å². The quantitative estimate of drug-likeness (QED) is 0.727. The number of fused-ring (bicyclic) bond motifs is 1. The Morgan fingerprint density at radius 3 is 2.85 bits per heavy atom. The van der Waals surface area contributed by atoms with E-state index in [0.29, 0.717) is 21.2 Å². The fourth-order valence-electron chi connectivity index (χ4n) is 2.21. The Labute approximate surface area is 125 Å². The summed E-state index contributed by atoms with van der Waals surface area (Å²) < 4.78 is 5.35. The van der Waals surface area contributed by atoms with Crippen LogP contribution in [0.2, 0.25) is 5.02 Å². The van der Waals surface area contributed by atoms with Gasteiger partial charge >= 0.3 is 0 Å². The van der Waals surface area contributed by atoms with Crippen LogP contribution in [0.15, 0.2) is 29.8 Å². The lowest BCUT2D eigenvalue weighted by atomic mass is 10.1. The van der Waals surface area contributed by atoms with Crippen LogP contribution < -0.4 is 4.74 Å². The van der Waals surface area contributed by atoms with E-state index in [4.69, 9.17) is 16.3 Å². The number of thiophene rings is 1. The number of rotatable bonds is 3. The maximum atomic E-state index is 12.7. The highest BCUT2D eigenvalue weighted by Crippen LogP contribution is 2.34. The molecule has 3 nitrogen and oxygen atoms in total. The van der Waals surface area contributed by atoms with Crippen molar-refractivity contribution >= 4 is 39.6 Å². The summed E-state index contributed by atoms with van der Waals surface area (Å²) in [5, 5.41) is 3.22. The second-order valence-corrected chi connectivity index (χ2v) is 5.73. The van der Waals surface area contributed by atoms with Gasteiger partial charge in [-0.25, -0.2) is 0 Å². The van der Waals surface area contributed by atoms with Gasteiger partial charge in [-0.2, -0.15) is 0 Å². The average Bonchev–Trinajstić information content (AvgIpc) is 3.03. The Hall–Kier alpha value is -1.78. The van der Waals surface area contributed by atoms with E-state index in [1.807, 2.05) is 30.5 Å². The highest BCUT2D eigenvalue weighted by molar-refractivity contribution is 7.13. The van der Waals surface area contributed by atoms with Crippen LogP contribution in [0, 0.1) is 6.92 Å². The molecule has 20 heavy (non-hydrogen) atoms. The summed E-state index contributed by atoms with van der Waals surface area (Å²) in [5.41, 5.74) is 2.38. The first kappa shape index (κ1) is 13.2. The summed E-state index contributed by atoms with van der Waals surface area (Å²) in [7, 11) is 1.60. The number of ether oxygens (including phenoxy) is 1. The molecule has 0 aliphatic rings. The molecule has 0 saturated carbocycles. The Bertz CT molecular complexity index is 803. The number of aromatic amines is 1. The first-order valence-electron chi connectivity index (χ1n) is 6.06. The Kier molecular flexibility index (Phi) is 3.28. The Balaban J connectivity index is 2.20. The number of aromatic nitrogens is 1. The first-order chi connectivity index (χ1) is 9.63. The summed E-state index contributed by atoms with van der Waals surface area (Å²) >= 11 is 7.56. The number of ketones is 1. The van der Waals surface area contributed by atoms with Crippen molar-refractivity contribution in [3.63, 3.8) is 0 Å². The summed E-state index contributed by atoms with van der Waals surface area (Å²) in [6.45, 7) is 1.89. The molecule has 2 heterocycles. The van der Waals surface area contributed by atoms with Crippen molar-refractivity contribution in [1.29, 1.82) is 0 Å². The van der Waals surface area contributed by atoms with Gasteiger partial charge in [-0.05, 0) is 30.0 Å². The molecule has 0 unspecified atom stereocenters.